The van der Waals surface area contributed by atoms with Crippen LogP contribution in [0.3, 0.4) is 0 Å². The van der Waals surface area contributed by atoms with Crippen LogP contribution in [0.2, 0.25) is 0 Å². The maximum Gasteiger partial charge on any atom is 0.305 e. The van der Waals surface area contributed by atoms with Crippen molar-refractivity contribution in [1.29, 1.82) is 0 Å². The van der Waals surface area contributed by atoms with Crippen LogP contribution >= 0.6 is 0 Å². The monoisotopic (exact) mass is 328 g/mol. The molecule has 0 radical (unpaired) electrons. The van der Waals surface area contributed by atoms with E-state index in [0.29, 0.717) is 12.6 Å². The second-order valence-electron chi connectivity index (χ2n) is 6.12. The zero-order chi connectivity index (χ0) is 17.2. The van der Waals surface area contributed by atoms with Gasteiger partial charge in [-0.15, -0.1) is 0 Å². The maximum atomic E-state index is 11.9. The second kappa shape index (κ2) is 10.2. The third-order valence-corrected chi connectivity index (χ3v) is 3.76. The van der Waals surface area contributed by atoms with Gasteiger partial charge in [0.1, 0.15) is 0 Å². The number of nitrogens with zero attached hydrogens (tertiary/aromatic N) is 2. The highest BCUT2D eigenvalue weighted by atomic mass is 16.4. The fourth-order valence-corrected chi connectivity index (χ4v) is 2.68. The number of amides is 2. The lowest BCUT2D eigenvalue weighted by Gasteiger charge is -2.26. The lowest BCUT2D eigenvalue weighted by Crippen LogP contribution is -2.44. The smallest absolute Gasteiger partial charge is 0.305 e. The number of likely N-dealkylation sites (tertiary alicyclic amines) is 1. The van der Waals surface area contributed by atoms with Gasteiger partial charge in [0.15, 0.2) is 0 Å². The average molecular weight is 328 g/mol. The van der Waals surface area contributed by atoms with Crippen LogP contribution in [0.15, 0.2) is 0 Å². The predicted molar refractivity (Wildman–Crippen MR) is 86.0 cm³/mol. The number of aliphatic carboxylic acids is 1. The molecule has 0 spiro atoms. The lowest BCUT2D eigenvalue weighted by molar-refractivity contribution is -0.137. The Labute approximate surface area is 137 Å². The number of carbonyl (C=O) groups excluding carboxylic acids is 2. The minimum atomic E-state index is -0.948. The second-order valence-corrected chi connectivity index (χ2v) is 6.12. The largest absolute Gasteiger partial charge is 0.481 e. The van der Waals surface area contributed by atoms with Crippen LogP contribution in [-0.4, -0.2) is 85.6 Å². The van der Waals surface area contributed by atoms with Crippen LogP contribution in [-0.2, 0) is 14.4 Å². The molecule has 1 saturated heterocycles. The third kappa shape index (κ3) is 8.51. The molecule has 0 bridgehead atoms. The summed E-state index contributed by atoms with van der Waals surface area (Å²) in [6.07, 6.45) is 2.28. The van der Waals surface area contributed by atoms with E-state index in [1.165, 1.54) is 0 Å². The van der Waals surface area contributed by atoms with Gasteiger partial charge < -0.3 is 20.6 Å². The van der Waals surface area contributed by atoms with Crippen molar-refractivity contribution in [3.8, 4) is 0 Å². The number of carbonyl (C=O) groups is 3. The highest BCUT2D eigenvalue weighted by Crippen LogP contribution is 2.16. The van der Waals surface area contributed by atoms with E-state index in [0.717, 1.165) is 25.9 Å². The van der Waals surface area contributed by atoms with E-state index in [1.54, 1.807) is 0 Å². The van der Waals surface area contributed by atoms with Gasteiger partial charge in [0.2, 0.25) is 11.8 Å². The minimum absolute atomic E-state index is 0.0750. The van der Waals surface area contributed by atoms with Gasteiger partial charge in [-0.2, -0.15) is 0 Å². The van der Waals surface area contributed by atoms with E-state index in [9.17, 15) is 14.4 Å². The van der Waals surface area contributed by atoms with Crippen molar-refractivity contribution in [1.82, 2.24) is 20.4 Å². The number of nitrogens with one attached hydrogen (secondary N) is 2. The number of carboxylic acid groups (broad SMARTS) is 1. The number of hydrogen-bond acceptors (Lipinski definition) is 5. The Morgan fingerprint density at radius 1 is 1.13 bits per heavy atom. The molecule has 0 aromatic heterocycles. The van der Waals surface area contributed by atoms with Crippen LogP contribution in [0.4, 0.5) is 0 Å². The predicted octanol–water partition coefficient (Wildman–Crippen LogP) is -0.890. The first kappa shape index (κ1) is 19.4. The molecule has 1 aliphatic heterocycles. The normalized spacial score (nSPS) is 18.1. The molecule has 1 unspecified atom stereocenters. The molecule has 2 amide bonds. The van der Waals surface area contributed by atoms with Gasteiger partial charge in [-0.3, -0.25) is 19.3 Å². The van der Waals surface area contributed by atoms with Gasteiger partial charge in [0, 0.05) is 32.1 Å². The van der Waals surface area contributed by atoms with Gasteiger partial charge in [0.25, 0.3) is 0 Å². The highest BCUT2D eigenvalue weighted by molar-refractivity contribution is 5.80. The van der Waals surface area contributed by atoms with Gasteiger partial charge >= 0.3 is 5.97 Å². The molecule has 1 fully saturated rings. The van der Waals surface area contributed by atoms with Crippen molar-refractivity contribution in [3.05, 3.63) is 0 Å². The molecule has 1 aliphatic rings. The summed E-state index contributed by atoms with van der Waals surface area (Å²) in [5, 5.41) is 13.7. The van der Waals surface area contributed by atoms with Crippen molar-refractivity contribution in [2.75, 3.05) is 46.8 Å². The fourth-order valence-electron chi connectivity index (χ4n) is 2.68. The average Bonchev–Trinajstić information content (AvgIpc) is 2.84. The Bertz CT molecular complexity index is 414. The molecular formula is C15H28N4O4. The van der Waals surface area contributed by atoms with E-state index in [4.69, 9.17) is 5.11 Å². The van der Waals surface area contributed by atoms with E-state index in [1.807, 2.05) is 14.1 Å². The summed E-state index contributed by atoms with van der Waals surface area (Å²) in [6.45, 7) is 2.62. The van der Waals surface area contributed by atoms with E-state index in [-0.39, 0.29) is 37.7 Å². The number of carboxylic acids is 1. The van der Waals surface area contributed by atoms with Crippen molar-refractivity contribution in [2.24, 2.45) is 0 Å². The molecule has 0 aromatic rings. The van der Waals surface area contributed by atoms with Crippen LogP contribution in [0.5, 0.6) is 0 Å². The van der Waals surface area contributed by atoms with Crippen molar-refractivity contribution < 1.29 is 19.5 Å². The molecule has 1 rings (SSSR count). The summed E-state index contributed by atoms with van der Waals surface area (Å²) >= 11 is 0. The molecule has 0 saturated carbocycles. The maximum absolute atomic E-state index is 11.9. The van der Waals surface area contributed by atoms with Gasteiger partial charge in [-0.25, -0.2) is 0 Å². The van der Waals surface area contributed by atoms with Gasteiger partial charge in [-0.1, -0.05) is 0 Å². The first-order valence-electron chi connectivity index (χ1n) is 8.02. The van der Waals surface area contributed by atoms with Crippen LogP contribution < -0.4 is 10.6 Å². The summed E-state index contributed by atoms with van der Waals surface area (Å²) in [5.74, 6) is -1.27. The quantitative estimate of drug-likeness (QED) is 0.481. The Kier molecular flexibility index (Phi) is 8.57. The van der Waals surface area contributed by atoms with Crippen LogP contribution in [0, 0.1) is 0 Å². The molecule has 8 nitrogen and oxygen atoms in total. The molecule has 0 aromatic carbocycles. The molecular weight excluding hydrogens is 300 g/mol. The van der Waals surface area contributed by atoms with Crippen LogP contribution in [0.1, 0.15) is 25.7 Å². The highest BCUT2D eigenvalue weighted by Gasteiger charge is 2.26. The number of likely N-dealkylation sites (N-methyl/N-ethyl adjacent to an activating group) is 1. The summed E-state index contributed by atoms with van der Waals surface area (Å²) in [7, 11) is 4.05. The molecule has 23 heavy (non-hydrogen) atoms. The Morgan fingerprint density at radius 2 is 1.78 bits per heavy atom. The molecule has 3 N–H and O–H groups in total. The zero-order valence-electron chi connectivity index (χ0n) is 14.0. The lowest BCUT2D eigenvalue weighted by atomic mass is 10.2. The minimum Gasteiger partial charge on any atom is -0.481 e. The van der Waals surface area contributed by atoms with E-state index >= 15 is 0 Å². The fraction of sp³-hybridized carbons (Fsp3) is 0.800. The van der Waals surface area contributed by atoms with E-state index < -0.39 is 5.97 Å². The van der Waals surface area contributed by atoms with Crippen LogP contribution in [0.25, 0.3) is 0 Å². The number of hydrogen-bond donors (Lipinski definition) is 3. The van der Waals surface area contributed by atoms with E-state index in [2.05, 4.69) is 20.4 Å². The molecule has 1 heterocycles. The topological polar surface area (TPSA) is 102 Å². The summed E-state index contributed by atoms with van der Waals surface area (Å²) in [6, 6.07) is 0.412. The molecule has 0 aliphatic carbocycles. The van der Waals surface area contributed by atoms with Crippen molar-refractivity contribution in [2.45, 2.75) is 31.7 Å². The standard InChI is InChI=1S/C15H28N4O4/c1-18(2)10-12-4-3-9-19(12)11-14(21)17-7-5-13(20)16-8-6-15(22)23/h12H,3-11H2,1-2H3,(H,16,20)(H,17,21)(H,22,23). The van der Waals surface area contributed by atoms with Crippen molar-refractivity contribution >= 4 is 17.8 Å². The molecule has 8 heteroatoms. The number of rotatable bonds is 10. The molecule has 1 atom stereocenters. The first-order valence-corrected chi connectivity index (χ1v) is 8.02. The Morgan fingerprint density at radius 3 is 2.43 bits per heavy atom. The first-order chi connectivity index (χ1) is 10.9. The molecule has 132 valence electrons. The Hall–Kier alpha value is -1.67. The SMILES string of the molecule is CN(C)CC1CCCN1CC(=O)NCCC(=O)NCCC(=O)O. The Balaban J connectivity index is 2.16. The third-order valence-electron chi connectivity index (χ3n) is 3.76. The van der Waals surface area contributed by atoms with Gasteiger partial charge in [-0.05, 0) is 33.5 Å². The van der Waals surface area contributed by atoms with Gasteiger partial charge in [0.05, 0.1) is 13.0 Å². The van der Waals surface area contributed by atoms with Crippen molar-refractivity contribution in [3.63, 3.8) is 0 Å². The zero-order valence-corrected chi connectivity index (χ0v) is 14.0. The summed E-state index contributed by atoms with van der Waals surface area (Å²) in [5.41, 5.74) is 0. The summed E-state index contributed by atoms with van der Waals surface area (Å²) < 4.78 is 0. The summed E-state index contributed by atoms with van der Waals surface area (Å²) in [4.78, 5) is 38.0.